The van der Waals surface area contributed by atoms with Gasteiger partial charge < -0.3 is 10.6 Å². The Bertz CT molecular complexity index is 588. The first-order valence-corrected chi connectivity index (χ1v) is 7.25. The highest BCUT2D eigenvalue weighted by molar-refractivity contribution is 7.80. The molecule has 1 atom stereocenters. The lowest BCUT2D eigenvalue weighted by atomic mass is 10.2. The number of carbonyl (C=O) groups excluding carboxylic acids is 1. The van der Waals surface area contributed by atoms with Crippen molar-refractivity contribution < 1.29 is 4.79 Å². The molecule has 0 saturated carbocycles. The van der Waals surface area contributed by atoms with E-state index in [1.807, 2.05) is 37.3 Å². The molecule has 0 aliphatic carbocycles. The van der Waals surface area contributed by atoms with E-state index in [4.69, 9.17) is 18.0 Å². The Morgan fingerprint density at radius 3 is 2.79 bits per heavy atom. The number of amides is 1. The maximum Gasteiger partial charge on any atom is 0.263 e. The summed E-state index contributed by atoms with van der Waals surface area (Å²) in [6.45, 7) is 1.95. The number of nitrogens with zero attached hydrogens (tertiary/aromatic N) is 1. The molecule has 2 aromatic rings. The molecule has 0 aliphatic rings. The molecule has 1 aromatic carbocycles. The van der Waals surface area contributed by atoms with Gasteiger partial charge in [0.1, 0.15) is 0 Å². The summed E-state index contributed by atoms with van der Waals surface area (Å²) in [5, 5.41) is 1.10. The number of thiocarbonyl (C=S) groups is 1. The van der Waals surface area contributed by atoms with Crippen LogP contribution in [0.15, 0.2) is 30.3 Å². The maximum atomic E-state index is 12.4. The summed E-state index contributed by atoms with van der Waals surface area (Å²) < 4.78 is 1.13. The highest BCUT2D eigenvalue weighted by atomic mass is 32.1. The van der Waals surface area contributed by atoms with Crippen molar-refractivity contribution in [2.45, 2.75) is 19.4 Å². The van der Waals surface area contributed by atoms with Crippen LogP contribution in [-0.4, -0.2) is 28.9 Å². The average Bonchev–Trinajstić information content (AvgIpc) is 2.79. The third kappa shape index (κ3) is 3.11. The zero-order valence-corrected chi connectivity index (χ0v) is 12.6. The molecular weight excluding hydrogens is 276 g/mol. The van der Waals surface area contributed by atoms with Crippen LogP contribution in [0.25, 0.3) is 10.1 Å². The lowest BCUT2D eigenvalue weighted by molar-refractivity contribution is 0.0753. The molecule has 0 bridgehead atoms. The zero-order valence-electron chi connectivity index (χ0n) is 10.9. The topological polar surface area (TPSA) is 46.3 Å². The summed E-state index contributed by atoms with van der Waals surface area (Å²) in [5.74, 6) is 0.0185. The molecule has 0 fully saturated rings. The van der Waals surface area contributed by atoms with Crippen molar-refractivity contribution in [3.63, 3.8) is 0 Å². The number of hydrogen-bond donors (Lipinski definition) is 1. The second-order valence-electron chi connectivity index (χ2n) is 4.58. The van der Waals surface area contributed by atoms with E-state index in [0.29, 0.717) is 11.4 Å². The minimum Gasteiger partial charge on any atom is -0.393 e. The number of fused-ring (bicyclic) bond motifs is 1. The number of nitrogens with two attached hydrogens (primary N) is 1. The number of carbonyl (C=O) groups is 1. The van der Waals surface area contributed by atoms with Crippen molar-refractivity contribution >= 4 is 44.5 Å². The van der Waals surface area contributed by atoms with Gasteiger partial charge in [0.05, 0.1) is 9.87 Å². The Labute approximate surface area is 122 Å². The van der Waals surface area contributed by atoms with Gasteiger partial charge in [0.2, 0.25) is 0 Å². The van der Waals surface area contributed by atoms with Gasteiger partial charge in [0.25, 0.3) is 5.91 Å². The van der Waals surface area contributed by atoms with Gasteiger partial charge in [0.15, 0.2) is 0 Å². The van der Waals surface area contributed by atoms with Crippen LogP contribution in [0.4, 0.5) is 0 Å². The highest BCUT2D eigenvalue weighted by Gasteiger charge is 2.19. The highest BCUT2D eigenvalue weighted by Crippen LogP contribution is 2.26. The second kappa shape index (κ2) is 5.67. The minimum absolute atomic E-state index is 0.00946. The van der Waals surface area contributed by atoms with Crippen molar-refractivity contribution in [2.24, 2.45) is 5.73 Å². The van der Waals surface area contributed by atoms with Crippen LogP contribution in [0.1, 0.15) is 23.0 Å². The maximum absolute atomic E-state index is 12.4. The van der Waals surface area contributed by atoms with E-state index in [-0.39, 0.29) is 11.9 Å². The molecule has 19 heavy (non-hydrogen) atoms. The second-order valence-corrected chi connectivity index (χ2v) is 6.19. The predicted molar refractivity (Wildman–Crippen MR) is 84.8 cm³/mol. The van der Waals surface area contributed by atoms with Gasteiger partial charge in [-0.2, -0.15) is 0 Å². The van der Waals surface area contributed by atoms with E-state index in [1.165, 1.54) is 11.3 Å². The average molecular weight is 292 g/mol. The molecule has 100 valence electrons. The van der Waals surface area contributed by atoms with Crippen molar-refractivity contribution in [2.75, 3.05) is 7.05 Å². The quantitative estimate of drug-likeness (QED) is 0.881. The van der Waals surface area contributed by atoms with Crippen molar-refractivity contribution in [3.8, 4) is 0 Å². The van der Waals surface area contributed by atoms with Gasteiger partial charge in [0, 0.05) is 24.2 Å². The predicted octanol–water partition coefficient (Wildman–Crippen LogP) is 3.04. The molecule has 1 amide bonds. The standard InChI is InChI=1S/C14H16N2OS2/c1-9(7-13(15)18)16(2)14(17)12-8-10-5-3-4-6-11(10)19-12/h3-6,8-9H,7H2,1-2H3,(H2,15,18). The Morgan fingerprint density at radius 1 is 1.47 bits per heavy atom. The summed E-state index contributed by atoms with van der Waals surface area (Å²) in [7, 11) is 1.79. The van der Waals surface area contributed by atoms with Crippen LogP contribution in [0.5, 0.6) is 0 Å². The molecule has 2 rings (SSSR count). The third-order valence-electron chi connectivity index (χ3n) is 3.11. The summed E-state index contributed by atoms with van der Waals surface area (Å²) >= 11 is 6.40. The summed E-state index contributed by atoms with van der Waals surface area (Å²) in [6, 6.07) is 9.94. The van der Waals surface area contributed by atoms with E-state index >= 15 is 0 Å². The van der Waals surface area contributed by atoms with Crippen molar-refractivity contribution in [3.05, 3.63) is 35.2 Å². The fourth-order valence-corrected chi connectivity index (χ4v) is 3.18. The van der Waals surface area contributed by atoms with Crippen molar-refractivity contribution in [1.29, 1.82) is 0 Å². The van der Waals surface area contributed by atoms with Gasteiger partial charge >= 0.3 is 0 Å². The largest absolute Gasteiger partial charge is 0.393 e. The van der Waals surface area contributed by atoms with E-state index in [2.05, 4.69) is 0 Å². The fourth-order valence-electron chi connectivity index (χ4n) is 1.89. The number of hydrogen-bond acceptors (Lipinski definition) is 3. The molecule has 2 N–H and O–H groups in total. The number of rotatable bonds is 4. The Morgan fingerprint density at radius 2 is 2.16 bits per heavy atom. The smallest absolute Gasteiger partial charge is 0.263 e. The molecule has 1 unspecified atom stereocenters. The van der Waals surface area contributed by atoms with E-state index in [1.54, 1.807) is 11.9 Å². The zero-order chi connectivity index (χ0) is 14.0. The van der Waals surface area contributed by atoms with E-state index < -0.39 is 0 Å². The molecule has 0 radical (unpaired) electrons. The molecule has 0 aliphatic heterocycles. The monoisotopic (exact) mass is 292 g/mol. The van der Waals surface area contributed by atoms with Gasteiger partial charge in [-0.05, 0) is 24.4 Å². The normalized spacial score (nSPS) is 12.3. The number of benzene rings is 1. The van der Waals surface area contributed by atoms with Crippen LogP contribution in [0, 0.1) is 0 Å². The SMILES string of the molecule is CC(CC(N)=S)N(C)C(=O)c1cc2ccccc2s1. The summed E-state index contributed by atoms with van der Waals surface area (Å²) in [5.41, 5.74) is 5.53. The van der Waals surface area contributed by atoms with Crippen LogP contribution in [-0.2, 0) is 0 Å². The van der Waals surface area contributed by atoms with Crippen LogP contribution in [0.2, 0.25) is 0 Å². The van der Waals surface area contributed by atoms with Gasteiger partial charge in [-0.1, -0.05) is 30.4 Å². The lowest BCUT2D eigenvalue weighted by Crippen LogP contribution is -2.37. The molecule has 5 heteroatoms. The van der Waals surface area contributed by atoms with Crippen LogP contribution < -0.4 is 5.73 Å². The molecule has 3 nitrogen and oxygen atoms in total. The summed E-state index contributed by atoms with van der Waals surface area (Å²) in [4.78, 5) is 15.3. The molecule has 0 spiro atoms. The molecule has 1 heterocycles. The fraction of sp³-hybridized carbons (Fsp3) is 0.286. The summed E-state index contributed by atoms with van der Waals surface area (Å²) in [6.07, 6.45) is 0.544. The first-order chi connectivity index (χ1) is 8.99. The molecule has 1 aromatic heterocycles. The lowest BCUT2D eigenvalue weighted by Gasteiger charge is -2.23. The van der Waals surface area contributed by atoms with Crippen LogP contribution in [0.3, 0.4) is 0 Å². The molecular formula is C14H16N2OS2. The molecule has 0 saturated heterocycles. The van der Waals surface area contributed by atoms with E-state index in [0.717, 1.165) is 15.0 Å². The van der Waals surface area contributed by atoms with E-state index in [9.17, 15) is 4.79 Å². The van der Waals surface area contributed by atoms with Gasteiger partial charge in [-0.15, -0.1) is 11.3 Å². The Hall–Kier alpha value is -1.46. The van der Waals surface area contributed by atoms with Crippen LogP contribution >= 0.6 is 23.6 Å². The minimum atomic E-state index is 0.00946. The van der Waals surface area contributed by atoms with Gasteiger partial charge in [-0.3, -0.25) is 4.79 Å². The first kappa shape index (κ1) is 14.0. The Kier molecular flexibility index (Phi) is 4.17. The van der Waals surface area contributed by atoms with Gasteiger partial charge in [-0.25, -0.2) is 0 Å². The van der Waals surface area contributed by atoms with Crippen molar-refractivity contribution in [1.82, 2.24) is 4.90 Å². The Balaban J connectivity index is 2.21. The third-order valence-corrected chi connectivity index (χ3v) is 4.39. The number of thiophene rings is 1. The first-order valence-electron chi connectivity index (χ1n) is 6.03.